The number of nitrogens with one attached hydrogen (secondary N) is 1. The van der Waals surface area contributed by atoms with E-state index < -0.39 is 6.04 Å². The predicted octanol–water partition coefficient (Wildman–Crippen LogP) is 4.65. The average Bonchev–Trinajstić information content (AvgIpc) is 3.22. The van der Waals surface area contributed by atoms with E-state index in [9.17, 15) is 9.59 Å². The molecule has 1 aliphatic heterocycles. The van der Waals surface area contributed by atoms with Gasteiger partial charge in [-0.1, -0.05) is 57.6 Å². The number of ether oxygens (including phenoxy) is 2. The first-order valence-electron chi connectivity index (χ1n) is 11.8. The SMILES string of the molecule is COc1cccc([C@@H]2C(C(=O)Nc3ccccc3)=C(C)N=c3s/c(=C\c4cc(Br)ccc4OC)c(=O)n32)c1. The highest BCUT2D eigenvalue weighted by atomic mass is 79.9. The second-order valence-electron chi connectivity index (χ2n) is 8.56. The van der Waals surface area contributed by atoms with Crippen molar-refractivity contribution in [2.24, 2.45) is 4.99 Å². The molecular weight excluding hydrogens is 566 g/mol. The van der Waals surface area contributed by atoms with Crippen LogP contribution in [0.1, 0.15) is 24.1 Å². The van der Waals surface area contributed by atoms with Gasteiger partial charge in [0.1, 0.15) is 11.5 Å². The minimum absolute atomic E-state index is 0.249. The highest BCUT2D eigenvalue weighted by Crippen LogP contribution is 2.32. The van der Waals surface area contributed by atoms with Crippen LogP contribution in [0.2, 0.25) is 0 Å². The van der Waals surface area contributed by atoms with E-state index >= 15 is 0 Å². The molecule has 1 atom stereocenters. The number of rotatable bonds is 6. The zero-order valence-electron chi connectivity index (χ0n) is 20.9. The number of benzene rings is 3. The van der Waals surface area contributed by atoms with Crippen LogP contribution in [0.4, 0.5) is 5.69 Å². The number of fused-ring (bicyclic) bond motifs is 1. The highest BCUT2D eigenvalue weighted by molar-refractivity contribution is 9.10. The van der Waals surface area contributed by atoms with Gasteiger partial charge in [-0.2, -0.15) is 0 Å². The molecule has 1 aliphatic rings. The Labute approximate surface area is 231 Å². The molecule has 192 valence electrons. The molecule has 0 saturated carbocycles. The lowest BCUT2D eigenvalue weighted by Gasteiger charge is -2.25. The van der Waals surface area contributed by atoms with E-state index in [1.807, 2.05) is 72.8 Å². The van der Waals surface area contributed by atoms with Crippen LogP contribution in [0.15, 0.2) is 98.3 Å². The first-order valence-corrected chi connectivity index (χ1v) is 13.4. The number of halogens is 1. The molecular formula is C29H24BrN3O4S. The summed E-state index contributed by atoms with van der Waals surface area (Å²) in [6, 6.07) is 21.5. The summed E-state index contributed by atoms with van der Waals surface area (Å²) in [6.07, 6.45) is 1.79. The van der Waals surface area contributed by atoms with Crippen molar-refractivity contribution in [2.45, 2.75) is 13.0 Å². The van der Waals surface area contributed by atoms with Crippen molar-refractivity contribution < 1.29 is 14.3 Å². The van der Waals surface area contributed by atoms with Gasteiger partial charge in [0, 0.05) is 15.7 Å². The van der Waals surface area contributed by atoms with Gasteiger partial charge in [-0.15, -0.1) is 0 Å². The molecule has 0 saturated heterocycles. The molecule has 2 heterocycles. The fourth-order valence-electron chi connectivity index (χ4n) is 4.42. The third kappa shape index (κ3) is 4.94. The Morgan fingerprint density at radius 2 is 1.84 bits per heavy atom. The fraction of sp³-hybridized carbons (Fsp3) is 0.138. The van der Waals surface area contributed by atoms with Gasteiger partial charge in [0.2, 0.25) is 0 Å². The molecule has 5 rings (SSSR count). The molecule has 0 fully saturated rings. The van der Waals surface area contributed by atoms with Crippen molar-refractivity contribution in [2.75, 3.05) is 19.5 Å². The Kier molecular flexibility index (Phi) is 7.31. The number of methoxy groups -OCH3 is 2. The van der Waals surface area contributed by atoms with Crippen molar-refractivity contribution in [1.82, 2.24) is 4.57 Å². The van der Waals surface area contributed by atoms with E-state index in [1.165, 1.54) is 11.3 Å². The first kappa shape index (κ1) is 25.7. The molecule has 7 nitrogen and oxygen atoms in total. The average molecular weight is 590 g/mol. The number of amides is 1. The van der Waals surface area contributed by atoms with Crippen LogP contribution in [-0.4, -0.2) is 24.7 Å². The normalized spacial score (nSPS) is 15.1. The van der Waals surface area contributed by atoms with Gasteiger partial charge in [0.25, 0.3) is 11.5 Å². The number of thiazole rings is 1. The molecule has 0 spiro atoms. The zero-order valence-corrected chi connectivity index (χ0v) is 23.3. The zero-order chi connectivity index (χ0) is 26.8. The van der Waals surface area contributed by atoms with Gasteiger partial charge in [0.15, 0.2) is 4.80 Å². The molecule has 38 heavy (non-hydrogen) atoms. The second kappa shape index (κ2) is 10.8. The smallest absolute Gasteiger partial charge is 0.271 e. The maximum atomic E-state index is 13.9. The Balaban J connectivity index is 1.71. The van der Waals surface area contributed by atoms with Crippen LogP contribution in [0.25, 0.3) is 6.08 Å². The molecule has 0 bridgehead atoms. The number of anilines is 1. The minimum Gasteiger partial charge on any atom is -0.497 e. The monoisotopic (exact) mass is 589 g/mol. The summed E-state index contributed by atoms with van der Waals surface area (Å²) < 4.78 is 13.9. The first-order chi connectivity index (χ1) is 18.4. The lowest BCUT2D eigenvalue weighted by atomic mass is 9.95. The molecule has 9 heteroatoms. The molecule has 3 aromatic carbocycles. The molecule has 0 aliphatic carbocycles. The number of para-hydroxylation sites is 1. The second-order valence-corrected chi connectivity index (χ2v) is 10.5. The Bertz CT molecular complexity index is 1740. The van der Waals surface area contributed by atoms with E-state index in [2.05, 4.69) is 21.2 Å². The summed E-state index contributed by atoms with van der Waals surface area (Å²) in [5.41, 5.74) is 2.83. The summed E-state index contributed by atoms with van der Waals surface area (Å²) in [7, 11) is 3.17. The Morgan fingerprint density at radius 1 is 1.05 bits per heavy atom. The van der Waals surface area contributed by atoms with E-state index in [4.69, 9.17) is 14.5 Å². The van der Waals surface area contributed by atoms with Gasteiger partial charge >= 0.3 is 0 Å². The molecule has 4 aromatic rings. The number of nitrogens with zero attached hydrogens (tertiary/aromatic N) is 2. The predicted molar refractivity (Wildman–Crippen MR) is 153 cm³/mol. The summed E-state index contributed by atoms with van der Waals surface area (Å²) in [5, 5.41) is 2.96. The van der Waals surface area contributed by atoms with E-state index in [1.54, 1.807) is 31.8 Å². The van der Waals surface area contributed by atoms with E-state index in [0.29, 0.717) is 37.8 Å². The maximum Gasteiger partial charge on any atom is 0.271 e. The van der Waals surface area contributed by atoms with Crippen LogP contribution in [0.3, 0.4) is 0 Å². The number of carbonyl (C=O) groups is 1. The van der Waals surface area contributed by atoms with Gasteiger partial charge in [-0.25, -0.2) is 4.99 Å². The van der Waals surface area contributed by atoms with Gasteiger partial charge in [-0.05, 0) is 61.0 Å². The van der Waals surface area contributed by atoms with Crippen LogP contribution in [-0.2, 0) is 4.79 Å². The Hall–Kier alpha value is -3.95. The van der Waals surface area contributed by atoms with Crippen molar-refractivity contribution >= 4 is 44.9 Å². The third-order valence-corrected chi connectivity index (χ3v) is 7.66. The van der Waals surface area contributed by atoms with Gasteiger partial charge < -0.3 is 14.8 Å². The van der Waals surface area contributed by atoms with E-state index in [0.717, 1.165) is 15.6 Å². The molecule has 0 unspecified atom stereocenters. The number of hydrogen-bond acceptors (Lipinski definition) is 6. The number of carbonyl (C=O) groups excluding carboxylic acids is 1. The van der Waals surface area contributed by atoms with Crippen molar-refractivity contribution in [1.29, 1.82) is 0 Å². The summed E-state index contributed by atoms with van der Waals surface area (Å²) in [6.45, 7) is 1.79. The lowest BCUT2D eigenvalue weighted by Crippen LogP contribution is -2.40. The largest absolute Gasteiger partial charge is 0.497 e. The number of aromatic nitrogens is 1. The van der Waals surface area contributed by atoms with Crippen LogP contribution < -0.4 is 29.7 Å². The van der Waals surface area contributed by atoms with Crippen molar-refractivity contribution in [3.63, 3.8) is 0 Å². The molecule has 1 amide bonds. The molecule has 0 radical (unpaired) electrons. The highest BCUT2D eigenvalue weighted by Gasteiger charge is 2.32. The molecule has 1 N–H and O–H groups in total. The summed E-state index contributed by atoms with van der Waals surface area (Å²) in [5.74, 6) is 0.941. The standard InChI is InChI=1S/C29H24BrN3O4S/c1-17-25(27(34)32-21-9-5-4-6-10-21)26(18-8-7-11-22(15-18)36-2)33-28(35)24(38-29(33)31-17)16-19-14-20(30)12-13-23(19)37-3/h4-16,26H,1-3H3,(H,32,34)/b24-16-/t26-/m1/s1. The summed E-state index contributed by atoms with van der Waals surface area (Å²) >= 11 is 4.76. The van der Waals surface area contributed by atoms with Crippen molar-refractivity contribution in [3.05, 3.63) is 119 Å². The minimum atomic E-state index is -0.698. The van der Waals surface area contributed by atoms with Gasteiger partial charge in [0.05, 0.1) is 36.1 Å². The van der Waals surface area contributed by atoms with Crippen LogP contribution in [0, 0.1) is 0 Å². The number of allylic oxidation sites excluding steroid dienone is 1. The quantitative estimate of drug-likeness (QED) is 0.355. The summed E-state index contributed by atoms with van der Waals surface area (Å²) in [4.78, 5) is 32.8. The van der Waals surface area contributed by atoms with Gasteiger partial charge in [-0.3, -0.25) is 14.2 Å². The maximum absolute atomic E-state index is 13.9. The molecule has 1 aromatic heterocycles. The van der Waals surface area contributed by atoms with Crippen LogP contribution >= 0.6 is 27.3 Å². The van der Waals surface area contributed by atoms with Crippen LogP contribution in [0.5, 0.6) is 11.5 Å². The fourth-order valence-corrected chi connectivity index (χ4v) is 5.83. The third-order valence-electron chi connectivity index (χ3n) is 6.19. The topological polar surface area (TPSA) is 81.9 Å². The number of hydrogen-bond donors (Lipinski definition) is 1. The lowest BCUT2D eigenvalue weighted by molar-refractivity contribution is -0.113. The van der Waals surface area contributed by atoms with Crippen molar-refractivity contribution in [3.8, 4) is 11.5 Å². The Morgan fingerprint density at radius 3 is 2.58 bits per heavy atom. The van der Waals surface area contributed by atoms with E-state index in [-0.39, 0.29) is 11.5 Å².